The van der Waals surface area contributed by atoms with Crippen molar-refractivity contribution in [3.05, 3.63) is 63.5 Å². The summed E-state index contributed by atoms with van der Waals surface area (Å²) in [6.45, 7) is 1.98. The maximum absolute atomic E-state index is 14.8. The van der Waals surface area contributed by atoms with Gasteiger partial charge < -0.3 is 10.1 Å². The Morgan fingerprint density at radius 1 is 1.16 bits per heavy atom. The summed E-state index contributed by atoms with van der Waals surface area (Å²) in [5.74, 6) is -0.726. The van der Waals surface area contributed by atoms with Gasteiger partial charge in [0, 0.05) is 32.8 Å². The molecule has 1 aliphatic rings. The van der Waals surface area contributed by atoms with Crippen molar-refractivity contribution in [3.63, 3.8) is 0 Å². The zero-order valence-corrected chi connectivity index (χ0v) is 21.7. The van der Waals surface area contributed by atoms with Crippen LogP contribution in [0.25, 0.3) is 11.0 Å². The molecule has 0 amide bonds. The highest BCUT2D eigenvalue weighted by Gasteiger charge is 2.41. The van der Waals surface area contributed by atoms with E-state index in [2.05, 4.69) is 15.3 Å². The molecule has 0 unspecified atom stereocenters. The quantitative estimate of drug-likeness (QED) is 0.490. The molecule has 1 atom stereocenters. The van der Waals surface area contributed by atoms with Crippen LogP contribution in [-0.2, 0) is 27.4 Å². The van der Waals surface area contributed by atoms with Crippen molar-refractivity contribution in [1.82, 2.24) is 18.8 Å². The average molecular weight is 540 g/mol. The molecule has 0 aliphatic carbocycles. The van der Waals surface area contributed by atoms with Crippen LogP contribution in [0.4, 0.5) is 19.0 Å². The molecule has 1 saturated heterocycles. The maximum Gasteiger partial charge on any atom is 0.266 e. The highest BCUT2D eigenvalue weighted by Crippen LogP contribution is 2.37. The average Bonchev–Trinajstić information content (AvgIpc) is 2.85. The fourth-order valence-corrected chi connectivity index (χ4v) is 5.67. The molecule has 0 radical (unpaired) electrons. The number of hydrogen-bond donors (Lipinski definition) is 1. The number of alkyl halides is 2. The molecule has 1 aromatic carbocycles. The number of sulfonamides is 1. The van der Waals surface area contributed by atoms with Crippen LogP contribution in [0.2, 0.25) is 0 Å². The Morgan fingerprint density at radius 2 is 1.81 bits per heavy atom. The molecule has 0 saturated carbocycles. The lowest BCUT2D eigenvalue weighted by Gasteiger charge is -2.40. The minimum atomic E-state index is -3.39. The second-order valence-corrected chi connectivity index (χ2v) is 11.1. The number of pyridine rings is 1. The number of aromatic nitrogens is 3. The molecule has 0 bridgehead atoms. The largest absolute Gasteiger partial charge is 0.373 e. The third-order valence-corrected chi connectivity index (χ3v) is 8.30. The maximum atomic E-state index is 14.8. The summed E-state index contributed by atoms with van der Waals surface area (Å²) in [6, 6.07) is 4.68. The summed E-state index contributed by atoms with van der Waals surface area (Å²) in [7, 11) is -0.367. The number of halogens is 3. The van der Waals surface area contributed by atoms with Gasteiger partial charge in [0.1, 0.15) is 29.2 Å². The third kappa shape index (κ3) is 4.94. The van der Waals surface area contributed by atoms with Crippen molar-refractivity contribution in [3.8, 4) is 0 Å². The van der Waals surface area contributed by atoms with E-state index in [0.29, 0.717) is 16.6 Å². The number of ether oxygens (including phenoxy) is 1. The lowest BCUT2D eigenvalue weighted by atomic mass is 9.85. The van der Waals surface area contributed by atoms with Crippen molar-refractivity contribution in [2.45, 2.75) is 37.8 Å². The van der Waals surface area contributed by atoms with Crippen LogP contribution in [0.3, 0.4) is 0 Å². The number of nitrogens with zero attached hydrogens (tertiary/aromatic N) is 4. The van der Waals surface area contributed by atoms with Gasteiger partial charge in [-0.15, -0.1) is 0 Å². The minimum absolute atomic E-state index is 0.0381. The molecule has 3 heterocycles. The lowest BCUT2D eigenvalue weighted by molar-refractivity contribution is -0.0517. The highest BCUT2D eigenvalue weighted by molar-refractivity contribution is 7.88. The highest BCUT2D eigenvalue weighted by atomic mass is 32.2. The number of hydrogen-bond acceptors (Lipinski definition) is 7. The van der Waals surface area contributed by atoms with E-state index < -0.39 is 39.5 Å². The van der Waals surface area contributed by atoms with E-state index >= 15 is 0 Å². The fraction of sp³-hybridized carbons (Fsp3) is 0.458. The van der Waals surface area contributed by atoms with Crippen LogP contribution in [-0.4, -0.2) is 53.7 Å². The van der Waals surface area contributed by atoms with Crippen molar-refractivity contribution in [2.75, 3.05) is 31.8 Å². The van der Waals surface area contributed by atoms with E-state index in [9.17, 15) is 26.4 Å². The Bertz CT molecular complexity index is 1490. The van der Waals surface area contributed by atoms with E-state index in [1.165, 1.54) is 34.4 Å². The van der Waals surface area contributed by atoms with Gasteiger partial charge in [-0.1, -0.05) is 18.2 Å². The molecule has 13 heteroatoms. The summed E-state index contributed by atoms with van der Waals surface area (Å²) >= 11 is 0. The van der Waals surface area contributed by atoms with Gasteiger partial charge in [-0.3, -0.25) is 9.36 Å². The van der Waals surface area contributed by atoms with Crippen LogP contribution in [0.1, 0.15) is 48.9 Å². The van der Waals surface area contributed by atoms with Gasteiger partial charge in [-0.25, -0.2) is 35.9 Å². The number of benzene rings is 1. The summed E-state index contributed by atoms with van der Waals surface area (Å²) < 4.78 is 73.7. The number of fused-ring (bicyclic) bond motifs is 1. The lowest BCUT2D eigenvalue weighted by Crippen LogP contribution is -2.48. The summed E-state index contributed by atoms with van der Waals surface area (Å²) in [5, 5.41) is 3.51. The van der Waals surface area contributed by atoms with E-state index in [1.54, 1.807) is 20.0 Å². The van der Waals surface area contributed by atoms with Gasteiger partial charge >= 0.3 is 0 Å². The summed E-state index contributed by atoms with van der Waals surface area (Å²) in [4.78, 5) is 21.9. The molecule has 3 aromatic rings. The number of methoxy groups -OCH3 is 1. The molecule has 2 aromatic heterocycles. The van der Waals surface area contributed by atoms with Crippen LogP contribution in [0, 0.1) is 5.82 Å². The van der Waals surface area contributed by atoms with Gasteiger partial charge in [0.15, 0.2) is 0 Å². The molecule has 4 rings (SSSR count). The molecular weight excluding hydrogens is 511 g/mol. The molecule has 200 valence electrons. The normalized spacial score (nSPS) is 17.3. The Labute approximate surface area is 212 Å². The molecule has 1 aliphatic heterocycles. The first-order chi connectivity index (χ1) is 17.4. The van der Waals surface area contributed by atoms with Crippen LogP contribution < -0.4 is 10.9 Å². The van der Waals surface area contributed by atoms with Crippen LogP contribution >= 0.6 is 0 Å². The summed E-state index contributed by atoms with van der Waals surface area (Å²) in [5.41, 5.74) is -1.42. The first kappa shape index (κ1) is 27.0. The number of anilines is 1. The second-order valence-electron chi connectivity index (χ2n) is 9.16. The number of nitrogens with one attached hydrogen (secondary N) is 1. The zero-order valence-electron chi connectivity index (χ0n) is 20.8. The SMILES string of the molecule is COC1(c2cc3c(N[C@H](C)c4cccc(C(F)F)c4F)ncnc3n(C)c2=O)CCN(S(C)(=O)=O)CC1. The van der Waals surface area contributed by atoms with Gasteiger partial charge in [0.25, 0.3) is 12.0 Å². The zero-order chi connectivity index (χ0) is 27.1. The van der Waals surface area contributed by atoms with Gasteiger partial charge in [-0.2, -0.15) is 0 Å². The van der Waals surface area contributed by atoms with Crippen molar-refractivity contribution >= 4 is 26.9 Å². The van der Waals surface area contributed by atoms with E-state index in [-0.39, 0.29) is 42.9 Å². The fourth-order valence-electron chi connectivity index (χ4n) is 4.83. The van der Waals surface area contributed by atoms with Gasteiger partial charge in [0.2, 0.25) is 10.0 Å². The van der Waals surface area contributed by atoms with Crippen molar-refractivity contribution in [1.29, 1.82) is 0 Å². The predicted molar refractivity (Wildman–Crippen MR) is 133 cm³/mol. The molecule has 0 spiro atoms. The second kappa shape index (κ2) is 10.0. The molecule has 37 heavy (non-hydrogen) atoms. The predicted octanol–water partition coefficient (Wildman–Crippen LogP) is 3.48. The molecule has 1 N–H and O–H groups in total. The summed E-state index contributed by atoms with van der Waals surface area (Å²) in [6.07, 6.45) is -0.0495. The van der Waals surface area contributed by atoms with E-state index in [1.807, 2.05) is 0 Å². The minimum Gasteiger partial charge on any atom is -0.373 e. The molecule has 1 fully saturated rings. The van der Waals surface area contributed by atoms with Gasteiger partial charge in [0.05, 0.1) is 28.8 Å². The standard InChI is InChI=1S/C24H28F3N5O4S/c1-14(15-6-5-7-16(19(15)25)20(26)27)30-21-17-12-18(23(33)31(2)22(17)29-13-28-21)24(36-3)8-10-32(11-9-24)37(4,34)35/h5-7,12-14,20H,8-11H2,1-4H3,(H,28,29,30)/t14-/m1/s1. The first-order valence-electron chi connectivity index (χ1n) is 11.6. The number of piperidine rings is 1. The molecular formula is C24H28F3N5O4S. The number of rotatable bonds is 7. The van der Waals surface area contributed by atoms with Crippen molar-refractivity contribution in [2.24, 2.45) is 7.05 Å². The Morgan fingerprint density at radius 3 is 2.41 bits per heavy atom. The van der Waals surface area contributed by atoms with E-state index in [4.69, 9.17) is 4.74 Å². The Balaban J connectivity index is 1.77. The van der Waals surface area contributed by atoms with Gasteiger partial charge in [-0.05, 0) is 25.8 Å². The van der Waals surface area contributed by atoms with Crippen LogP contribution in [0.15, 0.2) is 35.4 Å². The third-order valence-electron chi connectivity index (χ3n) is 7.00. The van der Waals surface area contributed by atoms with Crippen LogP contribution in [0.5, 0.6) is 0 Å². The monoisotopic (exact) mass is 539 g/mol. The van der Waals surface area contributed by atoms with E-state index in [0.717, 1.165) is 12.3 Å². The first-order valence-corrected chi connectivity index (χ1v) is 13.4. The Hall–Kier alpha value is -3.03. The van der Waals surface area contributed by atoms with Crippen molar-refractivity contribution < 1.29 is 26.3 Å². The number of aryl methyl sites for hydroxylation is 1. The smallest absolute Gasteiger partial charge is 0.266 e. The topological polar surface area (TPSA) is 106 Å². The molecule has 9 nitrogen and oxygen atoms in total. The Kier molecular flexibility index (Phi) is 7.32.